The van der Waals surface area contributed by atoms with Crippen LogP contribution in [-0.4, -0.2) is 69.1 Å². The van der Waals surface area contributed by atoms with Crippen LogP contribution in [0.1, 0.15) is 6.42 Å². The Labute approximate surface area is 81.0 Å². The fourth-order valence-electron chi connectivity index (χ4n) is 2.14. The summed E-state index contributed by atoms with van der Waals surface area (Å²) in [5.41, 5.74) is 0. The predicted molar refractivity (Wildman–Crippen MR) is 53.3 cm³/mol. The molecular weight excluding hydrogens is 166 g/mol. The summed E-state index contributed by atoms with van der Waals surface area (Å²) in [6.07, 6.45) is 1.68. The van der Waals surface area contributed by atoms with Crippen LogP contribution in [0.15, 0.2) is 0 Å². The fraction of sp³-hybridized carbons (Fsp3) is 1.00. The van der Waals surface area contributed by atoms with E-state index in [2.05, 4.69) is 42.9 Å². The van der Waals surface area contributed by atoms with Gasteiger partial charge in [-0.3, -0.25) is 14.7 Å². The van der Waals surface area contributed by atoms with Gasteiger partial charge in [-0.1, -0.05) is 0 Å². The molecule has 13 heavy (non-hydrogen) atoms. The lowest BCUT2D eigenvalue weighted by Gasteiger charge is -2.47. The maximum Gasteiger partial charge on any atom is 0.120 e. The molecule has 4 heteroatoms. The summed E-state index contributed by atoms with van der Waals surface area (Å²) in [7, 11) is 10.2. The molecule has 2 atom stereocenters. The minimum Gasteiger partial charge on any atom is -0.366 e. The smallest absolute Gasteiger partial charge is 0.120 e. The van der Waals surface area contributed by atoms with Crippen molar-refractivity contribution in [2.75, 3.05) is 41.8 Å². The zero-order valence-electron chi connectivity index (χ0n) is 9.32. The quantitative estimate of drug-likeness (QED) is 0.609. The van der Waals surface area contributed by atoms with Crippen LogP contribution in [0.5, 0.6) is 0 Å². The van der Waals surface area contributed by atoms with Gasteiger partial charge in [0.1, 0.15) is 12.5 Å². The van der Waals surface area contributed by atoms with Gasteiger partial charge in [0.25, 0.3) is 0 Å². The first-order valence-electron chi connectivity index (χ1n) is 4.69. The Morgan fingerprint density at radius 1 is 1.31 bits per heavy atom. The number of rotatable bonds is 2. The Hall–Kier alpha value is -0.160. The molecule has 4 nitrogen and oxygen atoms in total. The number of methoxy groups -OCH3 is 1. The Morgan fingerprint density at radius 2 is 1.92 bits per heavy atom. The Balaban J connectivity index is 2.66. The van der Waals surface area contributed by atoms with Crippen molar-refractivity contribution in [1.29, 1.82) is 0 Å². The van der Waals surface area contributed by atoms with Gasteiger partial charge in [-0.05, 0) is 28.2 Å². The van der Waals surface area contributed by atoms with E-state index in [9.17, 15) is 0 Å². The third-order valence-corrected chi connectivity index (χ3v) is 2.68. The molecule has 0 bridgehead atoms. The van der Waals surface area contributed by atoms with Crippen molar-refractivity contribution >= 4 is 0 Å². The molecule has 1 heterocycles. The van der Waals surface area contributed by atoms with E-state index in [1.54, 1.807) is 7.11 Å². The molecule has 1 rings (SSSR count). The minimum absolute atomic E-state index is 0.253. The van der Waals surface area contributed by atoms with Crippen molar-refractivity contribution in [2.45, 2.75) is 18.9 Å². The van der Waals surface area contributed by atoms with Gasteiger partial charge in [0, 0.05) is 20.1 Å². The zero-order chi connectivity index (χ0) is 10.0. The molecule has 0 aromatic carbocycles. The van der Waals surface area contributed by atoms with Gasteiger partial charge in [0.15, 0.2) is 0 Å². The molecular formula is C9H21N3O. The average molecular weight is 187 g/mol. The average Bonchev–Trinajstić information content (AvgIpc) is 2.04. The van der Waals surface area contributed by atoms with Gasteiger partial charge in [0.2, 0.25) is 0 Å². The summed E-state index contributed by atoms with van der Waals surface area (Å²) < 4.78 is 5.40. The standard InChI is InChI=1S/C9H21N3O/c1-10(2)9-11(3)7-6-8(13-5)12(9)4/h8-9H,6-7H2,1-5H3. The second kappa shape index (κ2) is 4.37. The van der Waals surface area contributed by atoms with Crippen LogP contribution >= 0.6 is 0 Å². The van der Waals surface area contributed by atoms with E-state index in [0.29, 0.717) is 6.29 Å². The lowest BCUT2D eigenvalue weighted by molar-refractivity contribution is -0.156. The molecule has 0 aromatic heterocycles. The van der Waals surface area contributed by atoms with Crippen LogP contribution in [0.3, 0.4) is 0 Å². The largest absolute Gasteiger partial charge is 0.366 e. The number of nitrogens with zero attached hydrogens (tertiary/aromatic N) is 3. The van der Waals surface area contributed by atoms with Crippen molar-refractivity contribution < 1.29 is 4.74 Å². The molecule has 0 aromatic rings. The number of hydrogen-bond acceptors (Lipinski definition) is 4. The van der Waals surface area contributed by atoms with Crippen LogP contribution in [0.4, 0.5) is 0 Å². The highest BCUT2D eigenvalue weighted by molar-refractivity contribution is 4.75. The van der Waals surface area contributed by atoms with E-state index in [-0.39, 0.29) is 6.23 Å². The maximum atomic E-state index is 5.40. The molecule has 78 valence electrons. The first-order chi connectivity index (χ1) is 6.07. The summed E-state index contributed by atoms with van der Waals surface area (Å²) in [4.78, 5) is 6.78. The molecule has 1 aliphatic rings. The fourth-order valence-corrected chi connectivity index (χ4v) is 2.14. The van der Waals surface area contributed by atoms with Crippen LogP contribution in [0.2, 0.25) is 0 Å². The highest BCUT2D eigenvalue weighted by Gasteiger charge is 2.32. The van der Waals surface area contributed by atoms with Gasteiger partial charge in [-0.15, -0.1) is 0 Å². The molecule has 1 fully saturated rings. The normalized spacial score (nSPS) is 32.8. The number of ether oxygens (including phenoxy) is 1. The lowest BCUT2D eigenvalue weighted by atomic mass is 10.2. The van der Waals surface area contributed by atoms with E-state index in [0.717, 1.165) is 13.0 Å². The molecule has 1 saturated heterocycles. The van der Waals surface area contributed by atoms with Gasteiger partial charge in [-0.25, -0.2) is 0 Å². The molecule has 0 aliphatic carbocycles. The van der Waals surface area contributed by atoms with Crippen molar-refractivity contribution in [2.24, 2.45) is 0 Å². The van der Waals surface area contributed by atoms with Gasteiger partial charge >= 0.3 is 0 Å². The first-order valence-corrected chi connectivity index (χ1v) is 4.69. The third-order valence-electron chi connectivity index (χ3n) is 2.68. The lowest BCUT2D eigenvalue weighted by Crippen LogP contribution is -2.61. The predicted octanol–water partition coefficient (Wildman–Crippen LogP) is 0.0714. The summed E-state index contributed by atoms with van der Waals surface area (Å²) in [6, 6.07) is 0. The van der Waals surface area contributed by atoms with Crippen molar-refractivity contribution in [1.82, 2.24) is 14.7 Å². The van der Waals surface area contributed by atoms with Gasteiger partial charge in [-0.2, -0.15) is 0 Å². The van der Waals surface area contributed by atoms with Gasteiger partial charge in [0.05, 0.1) is 0 Å². The summed E-state index contributed by atoms with van der Waals surface area (Å²) >= 11 is 0. The Morgan fingerprint density at radius 3 is 2.38 bits per heavy atom. The van der Waals surface area contributed by atoms with Crippen molar-refractivity contribution in [3.8, 4) is 0 Å². The van der Waals surface area contributed by atoms with Crippen LogP contribution in [0.25, 0.3) is 0 Å². The van der Waals surface area contributed by atoms with E-state index in [1.165, 1.54) is 0 Å². The molecule has 0 amide bonds. The molecule has 0 radical (unpaired) electrons. The Bertz CT molecular complexity index is 163. The second-order valence-electron chi connectivity index (χ2n) is 3.94. The van der Waals surface area contributed by atoms with Crippen LogP contribution in [-0.2, 0) is 4.74 Å². The first kappa shape index (κ1) is 10.9. The highest BCUT2D eigenvalue weighted by atomic mass is 16.5. The second-order valence-corrected chi connectivity index (χ2v) is 3.94. The van der Waals surface area contributed by atoms with E-state index < -0.39 is 0 Å². The summed E-state index contributed by atoms with van der Waals surface area (Å²) in [5.74, 6) is 0. The van der Waals surface area contributed by atoms with Crippen LogP contribution < -0.4 is 0 Å². The molecule has 0 spiro atoms. The van der Waals surface area contributed by atoms with Crippen LogP contribution in [0, 0.1) is 0 Å². The molecule has 1 aliphatic heterocycles. The van der Waals surface area contributed by atoms with E-state index in [4.69, 9.17) is 4.74 Å². The monoisotopic (exact) mass is 187 g/mol. The SMILES string of the molecule is COC1CCN(C)C(N(C)C)N1C. The van der Waals surface area contributed by atoms with Crippen molar-refractivity contribution in [3.63, 3.8) is 0 Å². The minimum atomic E-state index is 0.253. The molecule has 0 N–H and O–H groups in total. The third kappa shape index (κ3) is 2.20. The van der Waals surface area contributed by atoms with E-state index in [1.807, 2.05) is 0 Å². The molecule has 0 saturated carbocycles. The maximum absolute atomic E-state index is 5.40. The summed E-state index contributed by atoms with van der Waals surface area (Å²) in [6.45, 7) is 1.09. The molecule has 2 unspecified atom stereocenters. The Kier molecular flexibility index (Phi) is 3.67. The van der Waals surface area contributed by atoms with Crippen molar-refractivity contribution in [3.05, 3.63) is 0 Å². The highest BCUT2D eigenvalue weighted by Crippen LogP contribution is 2.18. The topological polar surface area (TPSA) is 19.0 Å². The zero-order valence-corrected chi connectivity index (χ0v) is 9.32. The summed E-state index contributed by atoms with van der Waals surface area (Å²) in [5, 5.41) is 0. The van der Waals surface area contributed by atoms with E-state index >= 15 is 0 Å². The number of hydrogen-bond donors (Lipinski definition) is 0. The van der Waals surface area contributed by atoms with Gasteiger partial charge < -0.3 is 4.74 Å².